The number of para-hydroxylation sites is 1. The van der Waals surface area contributed by atoms with Crippen LogP contribution in [0.2, 0.25) is 5.02 Å². The maximum atomic E-state index is 14.2. The average molecular weight is 571 g/mol. The molecule has 0 aliphatic rings. The van der Waals surface area contributed by atoms with Gasteiger partial charge in [-0.2, -0.15) is 0 Å². The van der Waals surface area contributed by atoms with Gasteiger partial charge in [-0.3, -0.25) is 14.3 Å². The quantitative estimate of drug-likeness (QED) is 0.211. The van der Waals surface area contributed by atoms with Crippen LogP contribution in [0.15, 0.2) is 78.0 Å². The number of fused-ring (bicyclic) bond motifs is 1. The minimum atomic E-state index is -0.459. The number of nitrogens with two attached hydrogens (primary N) is 1. The molecule has 4 N–H and O–H groups in total. The van der Waals surface area contributed by atoms with Crippen molar-refractivity contribution in [3.05, 3.63) is 106 Å². The van der Waals surface area contributed by atoms with E-state index in [2.05, 4.69) is 25.6 Å². The van der Waals surface area contributed by atoms with Crippen LogP contribution in [0.5, 0.6) is 0 Å². The highest BCUT2D eigenvalue weighted by molar-refractivity contribution is 6.35. The van der Waals surface area contributed by atoms with Gasteiger partial charge in [-0.25, -0.2) is 19.7 Å². The number of methoxy groups -OCH3 is 1. The van der Waals surface area contributed by atoms with Crippen molar-refractivity contribution in [2.24, 2.45) is 0 Å². The van der Waals surface area contributed by atoms with E-state index in [4.69, 9.17) is 27.1 Å². The van der Waals surface area contributed by atoms with Crippen molar-refractivity contribution in [1.29, 1.82) is 0 Å². The van der Waals surface area contributed by atoms with E-state index in [1.54, 1.807) is 22.8 Å². The van der Waals surface area contributed by atoms with Gasteiger partial charge in [0.15, 0.2) is 5.82 Å². The number of carbonyl (C=O) groups is 1. The number of nitrogens with zero attached hydrogens (tertiary/aromatic N) is 5. The Balaban J connectivity index is 1.58. The van der Waals surface area contributed by atoms with Crippen molar-refractivity contribution in [2.75, 3.05) is 23.5 Å². The van der Waals surface area contributed by atoms with Gasteiger partial charge < -0.3 is 21.1 Å². The second-order valence-electron chi connectivity index (χ2n) is 9.06. The van der Waals surface area contributed by atoms with Crippen LogP contribution >= 0.6 is 11.6 Å². The lowest BCUT2D eigenvalue weighted by molar-refractivity contribution is 0.0600. The molecule has 0 aliphatic heterocycles. The van der Waals surface area contributed by atoms with Crippen LogP contribution in [-0.4, -0.2) is 37.6 Å². The molecule has 2 aromatic carbocycles. The topological polar surface area (TPSA) is 150 Å². The monoisotopic (exact) mass is 570 g/mol. The number of carbonyl (C=O) groups excluding carboxylic acids is 1. The van der Waals surface area contributed by atoms with E-state index < -0.39 is 12.0 Å². The number of rotatable bonds is 9. The van der Waals surface area contributed by atoms with Gasteiger partial charge in [-0.15, -0.1) is 0 Å². The molecule has 1 atom stereocenters. The molecule has 41 heavy (non-hydrogen) atoms. The average Bonchev–Trinajstić information content (AvgIpc) is 3.00. The van der Waals surface area contributed by atoms with Gasteiger partial charge in [0, 0.05) is 11.9 Å². The van der Waals surface area contributed by atoms with E-state index in [1.807, 2.05) is 49.4 Å². The summed E-state index contributed by atoms with van der Waals surface area (Å²) in [6, 6.07) is 17.7. The van der Waals surface area contributed by atoms with E-state index in [1.165, 1.54) is 19.6 Å². The minimum Gasteiger partial charge on any atom is -0.465 e. The molecule has 0 saturated heterocycles. The molecule has 3 aromatic heterocycles. The summed E-state index contributed by atoms with van der Waals surface area (Å²) < 4.78 is 6.33. The Morgan fingerprint density at radius 3 is 2.59 bits per heavy atom. The number of aromatic nitrogens is 5. The summed E-state index contributed by atoms with van der Waals surface area (Å²) in [6.07, 6.45) is 3.35. The molecule has 0 fully saturated rings. The largest absolute Gasteiger partial charge is 0.465 e. The summed E-state index contributed by atoms with van der Waals surface area (Å²) in [6.45, 7) is 2.29. The molecule has 0 radical (unpaired) electrons. The zero-order valence-corrected chi connectivity index (χ0v) is 23.1. The Kier molecular flexibility index (Phi) is 8.06. The van der Waals surface area contributed by atoms with Gasteiger partial charge >= 0.3 is 5.97 Å². The predicted octanol–water partition coefficient (Wildman–Crippen LogP) is 4.77. The summed E-state index contributed by atoms with van der Waals surface area (Å²) in [5, 5.41) is 7.21. The number of esters is 1. The van der Waals surface area contributed by atoms with Crippen LogP contribution in [0, 0.1) is 0 Å². The highest BCUT2D eigenvalue weighted by Gasteiger charge is 2.23. The van der Waals surface area contributed by atoms with Crippen LogP contribution < -0.4 is 21.9 Å². The normalized spacial score (nSPS) is 11.7. The lowest BCUT2D eigenvalue weighted by atomic mass is 10.1. The molecule has 208 valence electrons. The van der Waals surface area contributed by atoms with Crippen molar-refractivity contribution in [2.45, 2.75) is 25.9 Å². The van der Waals surface area contributed by atoms with E-state index in [0.717, 1.165) is 0 Å². The van der Waals surface area contributed by atoms with Crippen molar-refractivity contribution < 1.29 is 9.53 Å². The Morgan fingerprint density at radius 2 is 1.88 bits per heavy atom. The Morgan fingerprint density at radius 1 is 1.07 bits per heavy atom. The third kappa shape index (κ3) is 5.66. The molecule has 0 amide bonds. The highest BCUT2D eigenvalue weighted by atomic mass is 35.5. The molecular weight excluding hydrogens is 544 g/mol. The fraction of sp³-hybridized carbons (Fsp3) is 0.172. The number of nitrogens with one attached hydrogen (secondary N) is 2. The van der Waals surface area contributed by atoms with Crippen LogP contribution in [0.4, 0.5) is 17.3 Å². The minimum absolute atomic E-state index is 0.149. The van der Waals surface area contributed by atoms with Crippen molar-refractivity contribution in [1.82, 2.24) is 24.5 Å². The molecule has 0 spiro atoms. The first kappa shape index (κ1) is 27.5. The van der Waals surface area contributed by atoms with E-state index in [-0.39, 0.29) is 16.4 Å². The zero-order chi connectivity index (χ0) is 28.9. The Bertz CT molecular complexity index is 1760. The Labute approximate surface area is 240 Å². The van der Waals surface area contributed by atoms with E-state index in [0.29, 0.717) is 58.1 Å². The first-order valence-electron chi connectivity index (χ1n) is 12.8. The van der Waals surface area contributed by atoms with Gasteiger partial charge in [0.2, 0.25) is 0 Å². The fourth-order valence-electron chi connectivity index (χ4n) is 4.41. The SMILES string of the molecule is CC[C@H](Nc1ncnc(N)c1Cl)c1nc2cccc(NCc3ccc(C(=O)OC)cn3)c2c(=O)n1-c1ccccc1. The van der Waals surface area contributed by atoms with Gasteiger partial charge in [0.25, 0.3) is 5.56 Å². The third-order valence-electron chi connectivity index (χ3n) is 6.49. The molecule has 5 rings (SSSR count). The van der Waals surface area contributed by atoms with Gasteiger partial charge in [-0.05, 0) is 42.8 Å². The summed E-state index contributed by atoms with van der Waals surface area (Å²) in [4.78, 5) is 43.4. The molecule has 0 saturated carbocycles. The second-order valence-corrected chi connectivity index (χ2v) is 9.43. The number of pyridine rings is 1. The number of halogens is 1. The fourth-order valence-corrected chi connectivity index (χ4v) is 4.56. The molecule has 12 heteroatoms. The number of hydrogen-bond acceptors (Lipinski definition) is 10. The smallest absolute Gasteiger partial charge is 0.339 e. The van der Waals surface area contributed by atoms with Crippen LogP contribution in [-0.2, 0) is 11.3 Å². The highest BCUT2D eigenvalue weighted by Crippen LogP contribution is 2.30. The molecule has 0 aliphatic carbocycles. The molecule has 11 nitrogen and oxygen atoms in total. The number of hydrogen-bond donors (Lipinski definition) is 3. The van der Waals surface area contributed by atoms with Crippen molar-refractivity contribution >= 4 is 45.8 Å². The summed E-state index contributed by atoms with van der Waals surface area (Å²) in [7, 11) is 1.32. The van der Waals surface area contributed by atoms with E-state index in [9.17, 15) is 9.59 Å². The van der Waals surface area contributed by atoms with Crippen LogP contribution in [0.3, 0.4) is 0 Å². The molecule has 5 aromatic rings. The van der Waals surface area contributed by atoms with Crippen LogP contribution in [0.1, 0.15) is 41.3 Å². The van der Waals surface area contributed by atoms with Crippen molar-refractivity contribution in [3.63, 3.8) is 0 Å². The van der Waals surface area contributed by atoms with Crippen molar-refractivity contribution in [3.8, 4) is 5.69 Å². The standard InChI is InChI=1S/C29H27ClN8O3/c1-3-20(36-26-24(30)25(31)34-16-35-26)27-37-22-11-7-10-21(23(22)28(39)38(27)19-8-5-4-6-9-19)33-15-18-13-12-17(14-32-18)29(40)41-2/h4-14,16,20,33H,3,15H2,1-2H3,(H3,31,34,35,36)/t20-/m0/s1. The Hall–Kier alpha value is -5.03. The lowest BCUT2D eigenvalue weighted by Gasteiger charge is -2.23. The predicted molar refractivity (Wildman–Crippen MR) is 158 cm³/mol. The maximum Gasteiger partial charge on any atom is 0.339 e. The first-order chi connectivity index (χ1) is 19.9. The molecule has 0 bridgehead atoms. The van der Waals surface area contributed by atoms with Gasteiger partial charge in [0.05, 0.1) is 47.5 Å². The van der Waals surface area contributed by atoms with Crippen LogP contribution in [0.25, 0.3) is 16.6 Å². The first-order valence-corrected chi connectivity index (χ1v) is 13.2. The number of ether oxygens (including phenoxy) is 1. The number of benzene rings is 2. The second kappa shape index (κ2) is 12.0. The number of nitrogen functional groups attached to an aromatic ring is 1. The summed E-state index contributed by atoms with van der Waals surface area (Å²) in [5.41, 5.74) is 8.45. The molecule has 3 heterocycles. The van der Waals surface area contributed by atoms with E-state index >= 15 is 0 Å². The summed E-state index contributed by atoms with van der Waals surface area (Å²) >= 11 is 6.36. The van der Waals surface area contributed by atoms with Gasteiger partial charge in [0.1, 0.15) is 23.0 Å². The molecule has 0 unspecified atom stereocenters. The zero-order valence-electron chi connectivity index (χ0n) is 22.3. The number of anilines is 3. The lowest BCUT2D eigenvalue weighted by Crippen LogP contribution is -2.29. The third-order valence-corrected chi connectivity index (χ3v) is 6.86. The van der Waals surface area contributed by atoms with Gasteiger partial charge in [-0.1, -0.05) is 42.8 Å². The maximum absolute atomic E-state index is 14.2. The molecular formula is C29H27ClN8O3. The summed E-state index contributed by atoms with van der Waals surface area (Å²) in [5.74, 6) is 0.526.